The predicted molar refractivity (Wildman–Crippen MR) is 105 cm³/mol. The molecule has 1 aliphatic carbocycles. The van der Waals surface area contributed by atoms with Gasteiger partial charge in [0.1, 0.15) is 0 Å². The van der Waals surface area contributed by atoms with Gasteiger partial charge in [-0.25, -0.2) is 4.79 Å². The topological polar surface area (TPSA) is 60.3 Å². The lowest BCUT2D eigenvalue weighted by Gasteiger charge is -2.29. The smallest absolute Gasteiger partial charge is 0.338 e. The molecule has 1 aliphatic rings. The highest BCUT2D eigenvalue weighted by Gasteiger charge is 2.23. The molecule has 2 atom stereocenters. The molecular formula is C22H28N2O3. The number of ether oxygens (including phenoxy) is 1. The average molecular weight is 368 g/mol. The lowest BCUT2D eigenvalue weighted by atomic mass is 9.86. The fourth-order valence-corrected chi connectivity index (χ4v) is 3.82. The van der Waals surface area contributed by atoms with E-state index in [4.69, 9.17) is 4.74 Å². The number of esters is 1. The molecule has 0 saturated heterocycles. The number of amides is 1. The Kier molecular flexibility index (Phi) is 5.99. The van der Waals surface area contributed by atoms with Crippen molar-refractivity contribution in [3.05, 3.63) is 53.3 Å². The molecule has 5 heteroatoms. The van der Waals surface area contributed by atoms with Crippen molar-refractivity contribution in [2.45, 2.75) is 52.5 Å². The van der Waals surface area contributed by atoms with Crippen molar-refractivity contribution in [1.82, 2.24) is 9.88 Å². The second kappa shape index (κ2) is 8.42. The third-order valence-corrected chi connectivity index (χ3v) is 5.42. The molecule has 0 spiro atoms. The Balaban J connectivity index is 1.54. The molecule has 1 heterocycles. The van der Waals surface area contributed by atoms with Gasteiger partial charge in [-0.2, -0.15) is 0 Å². The van der Waals surface area contributed by atoms with Crippen LogP contribution < -0.4 is 5.32 Å². The molecule has 1 amide bonds. The lowest BCUT2D eigenvalue weighted by Crippen LogP contribution is -2.42. The van der Waals surface area contributed by atoms with Crippen molar-refractivity contribution in [3.63, 3.8) is 0 Å². The lowest BCUT2D eigenvalue weighted by molar-refractivity contribution is -0.125. The van der Waals surface area contributed by atoms with Crippen LogP contribution in [0.15, 0.2) is 36.4 Å². The highest BCUT2D eigenvalue weighted by molar-refractivity contribution is 5.91. The number of carbonyl (C=O) groups excluding carboxylic acids is 2. The number of rotatable bonds is 5. The normalized spacial score (nSPS) is 19.5. The molecule has 1 aromatic carbocycles. The summed E-state index contributed by atoms with van der Waals surface area (Å²) in [6, 6.07) is 11.6. The Hall–Kier alpha value is -2.56. The largest absolute Gasteiger partial charge is 0.452 e. The standard InChI is InChI=1S/C22H28N2O3/c1-15-6-4-5-7-20(15)23-21(25)14-27-22(26)18-10-12-19(13-11-18)24-16(2)8-9-17(24)3/h8-13,15,20H,4-7,14H2,1-3H3,(H,23,25)/t15-,20+/m1/s1. The van der Waals surface area contributed by atoms with Gasteiger partial charge in [0.25, 0.3) is 5.91 Å². The Morgan fingerprint density at radius 1 is 1.04 bits per heavy atom. The van der Waals surface area contributed by atoms with E-state index in [2.05, 4.69) is 28.9 Å². The van der Waals surface area contributed by atoms with Gasteiger partial charge in [-0.15, -0.1) is 0 Å². The number of hydrogen-bond donors (Lipinski definition) is 1. The molecule has 27 heavy (non-hydrogen) atoms. The van der Waals surface area contributed by atoms with Gasteiger partial charge < -0.3 is 14.6 Å². The zero-order chi connectivity index (χ0) is 19.4. The molecule has 0 radical (unpaired) electrons. The van der Waals surface area contributed by atoms with Crippen LogP contribution in [0.3, 0.4) is 0 Å². The molecule has 3 rings (SSSR count). The molecule has 0 bridgehead atoms. The van der Waals surface area contributed by atoms with E-state index >= 15 is 0 Å². The summed E-state index contributed by atoms with van der Waals surface area (Å²) in [7, 11) is 0. The van der Waals surface area contributed by atoms with E-state index < -0.39 is 5.97 Å². The maximum Gasteiger partial charge on any atom is 0.338 e. The van der Waals surface area contributed by atoms with Crippen LogP contribution in [0.1, 0.15) is 54.4 Å². The Morgan fingerprint density at radius 2 is 1.67 bits per heavy atom. The molecule has 0 unspecified atom stereocenters. The zero-order valence-electron chi connectivity index (χ0n) is 16.3. The summed E-state index contributed by atoms with van der Waals surface area (Å²) >= 11 is 0. The first-order valence-electron chi connectivity index (χ1n) is 9.67. The van der Waals surface area contributed by atoms with Crippen molar-refractivity contribution in [2.75, 3.05) is 6.61 Å². The number of aryl methyl sites for hydroxylation is 2. The fraction of sp³-hybridized carbons (Fsp3) is 0.455. The van der Waals surface area contributed by atoms with E-state index in [0.717, 1.165) is 36.3 Å². The molecule has 1 fully saturated rings. The van der Waals surface area contributed by atoms with E-state index in [-0.39, 0.29) is 18.6 Å². The summed E-state index contributed by atoms with van der Waals surface area (Å²) in [6.45, 7) is 6.01. The van der Waals surface area contributed by atoms with Gasteiger partial charge in [-0.05, 0) is 69.0 Å². The third-order valence-electron chi connectivity index (χ3n) is 5.42. The molecule has 1 aromatic heterocycles. The van der Waals surface area contributed by atoms with Crippen LogP contribution in [0.25, 0.3) is 5.69 Å². The molecule has 0 aliphatic heterocycles. The summed E-state index contributed by atoms with van der Waals surface area (Å²) in [6.07, 6.45) is 4.50. The number of carbonyl (C=O) groups is 2. The first kappa shape index (κ1) is 19.2. The maximum absolute atomic E-state index is 12.2. The van der Waals surface area contributed by atoms with Gasteiger partial charge in [0.2, 0.25) is 0 Å². The van der Waals surface area contributed by atoms with Crippen LogP contribution in [0.5, 0.6) is 0 Å². The number of hydrogen-bond acceptors (Lipinski definition) is 3. The van der Waals surface area contributed by atoms with Gasteiger partial charge in [0.15, 0.2) is 6.61 Å². The molecule has 1 N–H and O–H groups in total. The third kappa shape index (κ3) is 4.59. The summed E-state index contributed by atoms with van der Waals surface area (Å²) in [5.74, 6) is -0.224. The fourth-order valence-electron chi connectivity index (χ4n) is 3.82. The quantitative estimate of drug-likeness (QED) is 0.813. The molecule has 1 saturated carbocycles. The minimum Gasteiger partial charge on any atom is -0.452 e. The number of nitrogens with one attached hydrogen (secondary N) is 1. The molecule has 5 nitrogen and oxygen atoms in total. The summed E-state index contributed by atoms with van der Waals surface area (Å²) in [4.78, 5) is 24.3. The van der Waals surface area contributed by atoms with Gasteiger partial charge in [-0.3, -0.25) is 4.79 Å². The Labute approximate surface area is 160 Å². The van der Waals surface area contributed by atoms with E-state index in [1.165, 1.54) is 6.42 Å². The summed E-state index contributed by atoms with van der Waals surface area (Å²) in [5.41, 5.74) is 3.71. The van der Waals surface area contributed by atoms with Gasteiger partial charge in [0, 0.05) is 23.1 Å². The molecule has 144 valence electrons. The van der Waals surface area contributed by atoms with Crippen molar-refractivity contribution in [2.24, 2.45) is 5.92 Å². The predicted octanol–water partition coefficient (Wildman–Crippen LogP) is 3.95. The first-order valence-corrected chi connectivity index (χ1v) is 9.67. The van der Waals surface area contributed by atoms with Crippen LogP contribution in [-0.2, 0) is 9.53 Å². The van der Waals surface area contributed by atoms with Gasteiger partial charge in [-0.1, -0.05) is 19.8 Å². The number of benzene rings is 1. The summed E-state index contributed by atoms with van der Waals surface area (Å²) in [5, 5.41) is 3.00. The zero-order valence-corrected chi connectivity index (χ0v) is 16.3. The Morgan fingerprint density at radius 3 is 2.30 bits per heavy atom. The maximum atomic E-state index is 12.2. The van der Waals surface area contributed by atoms with E-state index in [1.807, 2.05) is 26.0 Å². The van der Waals surface area contributed by atoms with Crippen LogP contribution in [0.4, 0.5) is 0 Å². The minimum absolute atomic E-state index is 0.192. The van der Waals surface area contributed by atoms with Crippen molar-refractivity contribution >= 4 is 11.9 Å². The van der Waals surface area contributed by atoms with Gasteiger partial charge >= 0.3 is 5.97 Å². The first-order chi connectivity index (χ1) is 13.0. The second-order valence-electron chi connectivity index (χ2n) is 7.51. The monoisotopic (exact) mass is 368 g/mol. The highest BCUT2D eigenvalue weighted by atomic mass is 16.5. The van der Waals surface area contributed by atoms with E-state index in [9.17, 15) is 9.59 Å². The second-order valence-corrected chi connectivity index (χ2v) is 7.51. The van der Waals surface area contributed by atoms with Crippen LogP contribution in [-0.4, -0.2) is 29.1 Å². The number of nitrogens with zero attached hydrogens (tertiary/aromatic N) is 1. The molecule has 2 aromatic rings. The van der Waals surface area contributed by atoms with Crippen molar-refractivity contribution in [1.29, 1.82) is 0 Å². The number of aromatic nitrogens is 1. The minimum atomic E-state index is -0.477. The van der Waals surface area contributed by atoms with Crippen LogP contribution in [0, 0.1) is 19.8 Å². The van der Waals surface area contributed by atoms with E-state index in [0.29, 0.717) is 11.5 Å². The van der Waals surface area contributed by atoms with Crippen LogP contribution in [0.2, 0.25) is 0 Å². The van der Waals surface area contributed by atoms with Gasteiger partial charge in [0.05, 0.1) is 5.56 Å². The SMILES string of the molecule is Cc1ccc(C)n1-c1ccc(C(=O)OCC(=O)N[C@H]2CCCC[C@H]2C)cc1. The summed E-state index contributed by atoms with van der Waals surface area (Å²) < 4.78 is 7.31. The van der Waals surface area contributed by atoms with Crippen LogP contribution >= 0.6 is 0 Å². The average Bonchev–Trinajstić information content (AvgIpc) is 3.00. The molecular weight excluding hydrogens is 340 g/mol. The van der Waals surface area contributed by atoms with E-state index in [1.54, 1.807) is 12.1 Å². The Bertz CT molecular complexity index is 788. The highest BCUT2D eigenvalue weighted by Crippen LogP contribution is 2.23. The van der Waals surface area contributed by atoms with Crippen molar-refractivity contribution in [3.8, 4) is 5.69 Å². The van der Waals surface area contributed by atoms with Crippen molar-refractivity contribution < 1.29 is 14.3 Å².